The molecule has 0 N–H and O–H groups in total. The third-order valence-corrected chi connectivity index (χ3v) is 7.71. The molecule has 3 aliphatic rings. The molecule has 0 saturated carbocycles. The molecule has 1 fully saturated rings. The summed E-state index contributed by atoms with van der Waals surface area (Å²) in [6.45, 7) is 1.17. The van der Waals surface area contributed by atoms with Crippen LogP contribution in [-0.2, 0) is 14.8 Å². The lowest BCUT2D eigenvalue weighted by Crippen LogP contribution is -2.42. The van der Waals surface area contributed by atoms with Crippen LogP contribution in [0.25, 0.3) is 0 Å². The van der Waals surface area contributed by atoms with Crippen molar-refractivity contribution in [1.29, 1.82) is 0 Å². The Morgan fingerprint density at radius 3 is 2.61 bits per heavy atom. The minimum atomic E-state index is -4.02. The van der Waals surface area contributed by atoms with Crippen LogP contribution in [0, 0.1) is 0 Å². The molecule has 162 valence electrons. The molecule has 2 aromatic rings. The molecule has 3 aliphatic heterocycles. The van der Waals surface area contributed by atoms with Crippen LogP contribution in [0.3, 0.4) is 0 Å². The topological polar surface area (TPSA) is 93.2 Å². The first-order valence-electron chi connectivity index (χ1n) is 10.3. The summed E-state index contributed by atoms with van der Waals surface area (Å²) in [5.74, 6) is 0.292. The number of carbonyl (C=O) groups excluding carboxylic acids is 2. The Morgan fingerprint density at radius 1 is 1.03 bits per heavy atom. The maximum absolute atomic E-state index is 13.1. The first kappa shape index (κ1) is 19.9. The van der Waals surface area contributed by atoms with Crippen LogP contribution in [0.15, 0.2) is 47.4 Å². The third kappa shape index (κ3) is 3.33. The Morgan fingerprint density at radius 2 is 1.81 bits per heavy atom. The molecule has 3 heterocycles. The summed E-state index contributed by atoms with van der Waals surface area (Å²) in [5, 5.41) is 0. The van der Waals surface area contributed by atoms with Crippen molar-refractivity contribution < 1.29 is 27.5 Å². The molecule has 5 rings (SSSR count). The van der Waals surface area contributed by atoms with Gasteiger partial charge in [0.05, 0.1) is 24.8 Å². The van der Waals surface area contributed by atoms with Crippen LogP contribution in [0.1, 0.15) is 41.2 Å². The van der Waals surface area contributed by atoms with Gasteiger partial charge in [-0.15, -0.1) is 0 Å². The van der Waals surface area contributed by atoms with Gasteiger partial charge in [0.1, 0.15) is 11.4 Å². The molecular formula is C22H22N2O6S. The van der Waals surface area contributed by atoms with Gasteiger partial charge in [-0.05, 0) is 42.7 Å². The van der Waals surface area contributed by atoms with Crippen molar-refractivity contribution in [3.05, 3.63) is 53.6 Å². The zero-order valence-corrected chi connectivity index (χ0v) is 17.6. The number of sulfonamides is 1. The van der Waals surface area contributed by atoms with Crippen molar-refractivity contribution in [3.8, 4) is 11.5 Å². The molecule has 0 spiro atoms. The largest absolute Gasteiger partial charge is 0.490 e. The molecule has 1 saturated heterocycles. The Balaban J connectivity index is 1.38. The van der Waals surface area contributed by atoms with Gasteiger partial charge in [0.15, 0.2) is 11.5 Å². The highest BCUT2D eigenvalue weighted by Crippen LogP contribution is 2.38. The van der Waals surface area contributed by atoms with Crippen LogP contribution in [-0.4, -0.2) is 55.7 Å². The van der Waals surface area contributed by atoms with Gasteiger partial charge in [-0.3, -0.25) is 9.59 Å². The van der Waals surface area contributed by atoms with Crippen molar-refractivity contribution in [2.75, 3.05) is 26.3 Å². The Labute approximate surface area is 180 Å². The number of fused-ring (bicyclic) bond motifs is 2. The number of hydrogen-bond donors (Lipinski definition) is 0. The predicted molar refractivity (Wildman–Crippen MR) is 110 cm³/mol. The average molecular weight is 442 g/mol. The first-order valence-corrected chi connectivity index (χ1v) is 11.8. The Bertz CT molecular complexity index is 1160. The van der Waals surface area contributed by atoms with Crippen molar-refractivity contribution in [2.45, 2.75) is 30.2 Å². The lowest BCUT2D eigenvalue weighted by Gasteiger charge is -2.27. The maximum Gasteiger partial charge on any atom is 0.269 e. The quantitative estimate of drug-likeness (QED) is 0.725. The molecule has 8 nitrogen and oxygen atoms in total. The minimum Gasteiger partial charge on any atom is -0.490 e. The van der Waals surface area contributed by atoms with Crippen LogP contribution >= 0.6 is 0 Å². The van der Waals surface area contributed by atoms with Crippen molar-refractivity contribution in [2.24, 2.45) is 0 Å². The molecule has 0 radical (unpaired) electrons. The fraction of sp³-hybridized carbons (Fsp3) is 0.364. The van der Waals surface area contributed by atoms with E-state index >= 15 is 0 Å². The highest BCUT2D eigenvalue weighted by atomic mass is 32.2. The highest BCUT2D eigenvalue weighted by Gasteiger charge is 2.43. The van der Waals surface area contributed by atoms with E-state index in [9.17, 15) is 18.0 Å². The van der Waals surface area contributed by atoms with E-state index in [1.807, 2.05) is 18.2 Å². The van der Waals surface area contributed by atoms with Crippen LogP contribution in [0.4, 0.5) is 0 Å². The van der Waals surface area contributed by atoms with E-state index in [0.29, 0.717) is 35.6 Å². The monoisotopic (exact) mass is 442 g/mol. The number of carbonyl (C=O) groups is 2. The zero-order valence-electron chi connectivity index (χ0n) is 16.8. The molecular weight excluding hydrogens is 420 g/mol. The number of ether oxygens (including phenoxy) is 2. The third-order valence-electron chi connectivity index (χ3n) is 5.92. The van der Waals surface area contributed by atoms with Gasteiger partial charge in [-0.25, -0.2) is 12.7 Å². The number of rotatable bonds is 3. The standard InChI is InChI=1S/C22H22N2O6S/c25-21(14-24-22(26)16-5-1-2-7-20(16)31(24,27)28)23-10-3-6-17(23)15-8-9-18-19(13-15)30-12-4-11-29-18/h1-2,5,7-9,13,17H,3-4,6,10-12,14H2/t17-/m1/s1. The predicted octanol–water partition coefficient (Wildman–Crippen LogP) is 2.36. The zero-order chi connectivity index (χ0) is 21.6. The number of nitrogens with zero attached hydrogens (tertiary/aromatic N) is 2. The molecule has 2 aromatic carbocycles. The summed E-state index contributed by atoms with van der Waals surface area (Å²) in [4.78, 5) is 27.4. The number of benzene rings is 2. The van der Waals surface area contributed by atoms with E-state index in [1.54, 1.807) is 17.0 Å². The van der Waals surface area contributed by atoms with E-state index in [0.717, 1.165) is 24.8 Å². The maximum atomic E-state index is 13.1. The molecule has 2 amide bonds. The fourth-order valence-electron chi connectivity index (χ4n) is 4.40. The average Bonchev–Trinajstić information content (AvgIpc) is 3.23. The summed E-state index contributed by atoms with van der Waals surface area (Å²) < 4.78 is 37.7. The highest BCUT2D eigenvalue weighted by molar-refractivity contribution is 7.90. The van der Waals surface area contributed by atoms with Gasteiger partial charge in [0.25, 0.3) is 15.9 Å². The van der Waals surface area contributed by atoms with E-state index in [1.165, 1.54) is 12.1 Å². The van der Waals surface area contributed by atoms with E-state index in [-0.39, 0.29) is 22.4 Å². The van der Waals surface area contributed by atoms with E-state index in [2.05, 4.69) is 0 Å². The normalized spacial score (nSPS) is 21.7. The van der Waals surface area contributed by atoms with Crippen molar-refractivity contribution in [1.82, 2.24) is 9.21 Å². The molecule has 0 bridgehead atoms. The fourth-order valence-corrected chi connectivity index (χ4v) is 5.92. The minimum absolute atomic E-state index is 0.0475. The summed E-state index contributed by atoms with van der Waals surface area (Å²) in [6, 6.07) is 11.5. The lowest BCUT2D eigenvalue weighted by molar-refractivity contribution is -0.132. The number of amides is 2. The lowest BCUT2D eigenvalue weighted by atomic mass is 10.0. The van der Waals surface area contributed by atoms with Crippen LogP contribution in [0.2, 0.25) is 0 Å². The molecule has 9 heteroatoms. The SMILES string of the molecule is O=C(CN1C(=O)c2ccccc2S1(=O)=O)N1CCC[C@@H]1c1ccc2c(c1)OCCCO2. The van der Waals surface area contributed by atoms with Crippen LogP contribution in [0.5, 0.6) is 11.5 Å². The summed E-state index contributed by atoms with van der Waals surface area (Å²) in [6.07, 6.45) is 2.36. The van der Waals surface area contributed by atoms with Crippen molar-refractivity contribution in [3.63, 3.8) is 0 Å². The summed E-state index contributed by atoms with van der Waals surface area (Å²) in [7, 11) is -4.02. The second kappa shape index (κ2) is 7.56. The second-order valence-electron chi connectivity index (χ2n) is 7.81. The van der Waals surface area contributed by atoms with Gasteiger partial charge in [0, 0.05) is 13.0 Å². The number of likely N-dealkylation sites (tertiary alicyclic amines) is 1. The van der Waals surface area contributed by atoms with Gasteiger partial charge >= 0.3 is 0 Å². The molecule has 0 aromatic heterocycles. The van der Waals surface area contributed by atoms with Gasteiger partial charge in [-0.2, -0.15) is 0 Å². The van der Waals surface area contributed by atoms with Gasteiger partial charge in [-0.1, -0.05) is 18.2 Å². The second-order valence-corrected chi connectivity index (χ2v) is 9.65. The van der Waals surface area contributed by atoms with Crippen molar-refractivity contribution >= 4 is 21.8 Å². The Kier molecular flexibility index (Phi) is 4.85. The van der Waals surface area contributed by atoms with Gasteiger partial charge < -0.3 is 14.4 Å². The molecule has 1 atom stereocenters. The summed E-state index contributed by atoms with van der Waals surface area (Å²) in [5.41, 5.74) is 1.02. The Hall–Kier alpha value is -3.07. The number of hydrogen-bond acceptors (Lipinski definition) is 6. The molecule has 0 aliphatic carbocycles. The van der Waals surface area contributed by atoms with E-state index in [4.69, 9.17) is 9.47 Å². The smallest absolute Gasteiger partial charge is 0.269 e. The van der Waals surface area contributed by atoms with E-state index < -0.39 is 22.5 Å². The summed E-state index contributed by atoms with van der Waals surface area (Å²) >= 11 is 0. The molecule has 0 unspecified atom stereocenters. The molecule has 31 heavy (non-hydrogen) atoms. The van der Waals surface area contributed by atoms with Crippen LogP contribution < -0.4 is 9.47 Å². The van der Waals surface area contributed by atoms with Gasteiger partial charge in [0.2, 0.25) is 5.91 Å². The first-order chi connectivity index (χ1) is 15.0.